The van der Waals surface area contributed by atoms with E-state index in [0.29, 0.717) is 23.1 Å². The van der Waals surface area contributed by atoms with Gasteiger partial charge < -0.3 is 19.9 Å². The van der Waals surface area contributed by atoms with Gasteiger partial charge in [-0.25, -0.2) is 4.98 Å². The molecule has 0 amide bonds. The minimum Gasteiger partial charge on any atom is -0.497 e. The molecule has 2 aromatic rings. The number of hydrogen-bond donors (Lipinski definition) is 2. The average Bonchev–Trinajstić information content (AvgIpc) is 2.85. The van der Waals surface area contributed by atoms with Crippen LogP contribution in [0.2, 0.25) is 0 Å². The lowest BCUT2D eigenvalue weighted by Crippen LogP contribution is -1.96. The van der Waals surface area contributed by atoms with Gasteiger partial charge in [-0.3, -0.25) is 4.79 Å². The zero-order valence-corrected chi connectivity index (χ0v) is 13.5. The summed E-state index contributed by atoms with van der Waals surface area (Å²) in [4.78, 5) is 16.1. The van der Waals surface area contributed by atoms with Crippen molar-refractivity contribution in [3.05, 3.63) is 28.8 Å². The SMILES string of the molecule is COc1ccc(Nc2nc(C)c(CCC(=O)O)s2)c(OC)c1. The van der Waals surface area contributed by atoms with Crippen LogP contribution in [0.3, 0.4) is 0 Å². The van der Waals surface area contributed by atoms with E-state index in [1.807, 2.05) is 19.1 Å². The number of rotatable bonds is 7. The van der Waals surface area contributed by atoms with Gasteiger partial charge in [0.25, 0.3) is 0 Å². The molecule has 118 valence electrons. The van der Waals surface area contributed by atoms with Crippen molar-refractivity contribution in [2.45, 2.75) is 19.8 Å². The molecule has 1 heterocycles. The van der Waals surface area contributed by atoms with E-state index in [0.717, 1.165) is 16.3 Å². The van der Waals surface area contributed by atoms with Crippen LogP contribution in [0.1, 0.15) is 17.0 Å². The number of benzene rings is 1. The van der Waals surface area contributed by atoms with E-state index in [1.165, 1.54) is 11.3 Å². The third kappa shape index (κ3) is 3.88. The van der Waals surface area contributed by atoms with Crippen LogP contribution in [0.4, 0.5) is 10.8 Å². The number of ether oxygens (including phenoxy) is 2. The summed E-state index contributed by atoms with van der Waals surface area (Å²) in [6.45, 7) is 1.88. The molecule has 0 aliphatic rings. The summed E-state index contributed by atoms with van der Waals surface area (Å²) >= 11 is 1.45. The van der Waals surface area contributed by atoms with Crippen molar-refractivity contribution in [1.82, 2.24) is 4.98 Å². The van der Waals surface area contributed by atoms with E-state index in [-0.39, 0.29) is 6.42 Å². The number of nitrogens with one attached hydrogen (secondary N) is 1. The van der Waals surface area contributed by atoms with Crippen LogP contribution in [0.5, 0.6) is 11.5 Å². The Morgan fingerprint density at radius 1 is 1.36 bits per heavy atom. The van der Waals surface area contributed by atoms with Crippen LogP contribution in [0, 0.1) is 6.92 Å². The number of nitrogens with zero attached hydrogens (tertiary/aromatic N) is 1. The van der Waals surface area contributed by atoms with E-state index >= 15 is 0 Å². The van der Waals surface area contributed by atoms with Crippen molar-refractivity contribution in [1.29, 1.82) is 0 Å². The Bertz CT molecular complexity index is 670. The molecule has 22 heavy (non-hydrogen) atoms. The van der Waals surface area contributed by atoms with E-state index < -0.39 is 5.97 Å². The summed E-state index contributed by atoms with van der Waals surface area (Å²) in [5, 5.41) is 12.7. The lowest BCUT2D eigenvalue weighted by molar-refractivity contribution is -0.136. The van der Waals surface area contributed by atoms with E-state index in [1.54, 1.807) is 20.3 Å². The van der Waals surface area contributed by atoms with Crippen molar-refractivity contribution in [3.63, 3.8) is 0 Å². The minimum absolute atomic E-state index is 0.105. The summed E-state index contributed by atoms with van der Waals surface area (Å²) in [6.07, 6.45) is 0.592. The van der Waals surface area contributed by atoms with Crippen molar-refractivity contribution < 1.29 is 19.4 Å². The van der Waals surface area contributed by atoms with Gasteiger partial charge in [-0.05, 0) is 25.5 Å². The highest BCUT2D eigenvalue weighted by atomic mass is 32.1. The summed E-state index contributed by atoms with van der Waals surface area (Å²) in [7, 11) is 3.19. The Hall–Kier alpha value is -2.28. The molecule has 0 saturated heterocycles. The highest BCUT2D eigenvalue weighted by molar-refractivity contribution is 7.15. The van der Waals surface area contributed by atoms with Gasteiger partial charge in [-0.2, -0.15) is 0 Å². The average molecular weight is 322 g/mol. The maximum absolute atomic E-state index is 10.7. The van der Waals surface area contributed by atoms with Crippen LogP contribution < -0.4 is 14.8 Å². The predicted molar refractivity (Wildman–Crippen MR) is 85.6 cm³/mol. The molecule has 0 unspecified atom stereocenters. The van der Waals surface area contributed by atoms with Gasteiger partial charge in [-0.1, -0.05) is 0 Å². The lowest BCUT2D eigenvalue weighted by Gasteiger charge is -2.10. The van der Waals surface area contributed by atoms with Crippen molar-refractivity contribution in [3.8, 4) is 11.5 Å². The Morgan fingerprint density at radius 2 is 2.14 bits per heavy atom. The maximum Gasteiger partial charge on any atom is 0.303 e. The highest BCUT2D eigenvalue weighted by Gasteiger charge is 2.12. The first-order chi connectivity index (χ1) is 10.5. The van der Waals surface area contributed by atoms with Gasteiger partial charge >= 0.3 is 5.97 Å². The predicted octanol–water partition coefficient (Wildman–Crippen LogP) is 3.23. The summed E-state index contributed by atoms with van der Waals surface area (Å²) in [6, 6.07) is 5.47. The topological polar surface area (TPSA) is 80.7 Å². The van der Waals surface area contributed by atoms with E-state index in [9.17, 15) is 4.79 Å². The quantitative estimate of drug-likeness (QED) is 0.814. The molecule has 0 saturated carbocycles. The summed E-state index contributed by atoms with van der Waals surface area (Å²) in [5.74, 6) is 0.554. The summed E-state index contributed by atoms with van der Waals surface area (Å²) < 4.78 is 10.5. The Balaban J connectivity index is 2.17. The Morgan fingerprint density at radius 3 is 2.77 bits per heavy atom. The number of hydrogen-bond acceptors (Lipinski definition) is 6. The molecule has 6 nitrogen and oxygen atoms in total. The standard InChI is InChI=1S/C15H18N2O4S/c1-9-13(6-7-14(18)19)22-15(16-9)17-11-5-4-10(20-2)8-12(11)21-3/h4-5,8H,6-7H2,1-3H3,(H,16,17)(H,18,19). The maximum atomic E-state index is 10.7. The second-order valence-corrected chi connectivity index (χ2v) is 5.70. The van der Waals surface area contributed by atoms with E-state index in [2.05, 4.69) is 10.3 Å². The molecule has 0 bridgehead atoms. The molecule has 0 fully saturated rings. The number of anilines is 2. The molecule has 0 spiro atoms. The molecule has 7 heteroatoms. The van der Waals surface area contributed by atoms with Crippen LogP contribution in [0.15, 0.2) is 18.2 Å². The second-order valence-electron chi connectivity index (χ2n) is 4.61. The van der Waals surface area contributed by atoms with Crippen molar-refractivity contribution in [2.75, 3.05) is 19.5 Å². The first kappa shape index (κ1) is 16.1. The largest absolute Gasteiger partial charge is 0.497 e. The van der Waals surface area contributed by atoms with Crippen molar-refractivity contribution >= 4 is 28.1 Å². The van der Waals surface area contributed by atoms with Crippen LogP contribution in [-0.2, 0) is 11.2 Å². The smallest absolute Gasteiger partial charge is 0.303 e. The first-order valence-corrected chi connectivity index (χ1v) is 7.52. The molecule has 0 aliphatic carbocycles. The molecule has 0 radical (unpaired) electrons. The van der Waals surface area contributed by atoms with Crippen LogP contribution >= 0.6 is 11.3 Å². The fourth-order valence-corrected chi connectivity index (χ4v) is 2.93. The second kappa shape index (κ2) is 7.13. The fourth-order valence-electron chi connectivity index (χ4n) is 1.95. The molecule has 1 aromatic carbocycles. The van der Waals surface area contributed by atoms with Gasteiger partial charge in [0.2, 0.25) is 0 Å². The Kier molecular flexibility index (Phi) is 5.21. The molecular weight excluding hydrogens is 304 g/mol. The number of aromatic nitrogens is 1. The van der Waals surface area contributed by atoms with Gasteiger partial charge in [0.1, 0.15) is 11.5 Å². The fraction of sp³-hybridized carbons (Fsp3) is 0.333. The first-order valence-electron chi connectivity index (χ1n) is 6.70. The third-order valence-corrected chi connectivity index (χ3v) is 4.24. The zero-order valence-electron chi connectivity index (χ0n) is 12.7. The molecule has 2 rings (SSSR count). The van der Waals surface area contributed by atoms with Gasteiger partial charge in [0.15, 0.2) is 5.13 Å². The zero-order chi connectivity index (χ0) is 16.1. The number of carboxylic acids is 1. The van der Waals surface area contributed by atoms with Gasteiger partial charge in [0, 0.05) is 10.9 Å². The highest BCUT2D eigenvalue weighted by Crippen LogP contribution is 2.33. The molecule has 0 aliphatic heterocycles. The van der Waals surface area contributed by atoms with Gasteiger partial charge in [0.05, 0.1) is 32.0 Å². The Labute approximate surface area is 132 Å². The number of aryl methyl sites for hydroxylation is 2. The molecule has 2 N–H and O–H groups in total. The normalized spacial score (nSPS) is 10.3. The molecule has 0 atom stereocenters. The third-order valence-electron chi connectivity index (χ3n) is 3.11. The number of carboxylic acid groups (broad SMARTS) is 1. The van der Waals surface area contributed by atoms with E-state index in [4.69, 9.17) is 14.6 Å². The monoisotopic (exact) mass is 322 g/mol. The van der Waals surface area contributed by atoms with Crippen LogP contribution in [-0.4, -0.2) is 30.3 Å². The molecular formula is C15H18N2O4S. The number of aliphatic carboxylic acids is 1. The van der Waals surface area contributed by atoms with Crippen LogP contribution in [0.25, 0.3) is 0 Å². The number of carbonyl (C=O) groups is 1. The molecule has 1 aromatic heterocycles. The summed E-state index contributed by atoms with van der Waals surface area (Å²) in [5.41, 5.74) is 1.63. The number of thiazole rings is 1. The minimum atomic E-state index is -0.806. The van der Waals surface area contributed by atoms with Gasteiger partial charge in [-0.15, -0.1) is 11.3 Å². The number of methoxy groups -OCH3 is 2. The van der Waals surface area contributed by atoms with Crippen molar-refractivity contribution in [2.24, 2.45) is 0 Å². The lowest BCUT2D eigenvalue weighted by atomic mass is 10.2.